The molecule has 1 saturated heterocycles. The van der Waals surface area contributed by atoms with E-state index in [1.807, 2.05) is 29.2 Å². The average Bonchev–Trinajstić information content (AvgIpc) is 2.79. The Labute approximate surface area is 180 Å². The highest BCUT2D eigenvalue weighted by Crippen LogP contribution is 2.25. The Balaban J connectivity index is 1.33. The van der Waals surface area contributed by atoms with Gasteiger partial charge in [0.15, 0.2) is 11.5 Å². The van der Waals surface area contributed by atoms with E-state index in [1.54, 1.807) is 12.0 Å². The predicted molar refractivity (Wildman–Crippen MR) is 115 cm³/mol. The van der Waals surface area contributed by atoms with Gasteiger partial charge in [0.25, 0.3) is 0 Å². The number of para-hydroxylation sites is 2. The van der Waals surface area contributed by atoms with Gasteiger partial charge in [0.2, 0.25) is 5.91 Å². The SMILES string of the molecule is COc1ccccc1OCCNC(=O)N1CCN(CC(=O)Nc2ccc(F)cc2)CC1. The zero-order valence-corrected chi connectivity index (χ0v) is 17.5. The lowest BCUT2D eigenvalue weighted by Crippen LogP contribution is -2.53. The van der Waals surface area contributed by atoms with Crippen LogP contribution >= 0.6 is 0 Å². The molecule has 0 spiro atoms. The van der Waals surface area contributed by atoms with Crippen molar-refractivity contribution in [3.63, 3.8) is 0 Å². The maximum absolute atomic E-state index is 12.9. The minimum atomic E-state index is -0.348. The van der Waals surface area contributed by atoms with Crippen LogP contribution in [0.4, 0.5) is 14.9 Å². The van der Waals surface area contributed by atoms with Crippen molar-refractivity contribution in [2.24, 2.45) is 0 Å². The monoisotopic (exact) mass is 430 g/mol. The summed E-state index contributed by atoms with van der Waals surface area (Å²) < 4.78 is 23.8. The van der Waals surface area contributed by atoms with Crippen LogP contribution in [-0.2, 0) is 4.79 Å². The van der Waals surface area contributed by atoms with Crippen molar-refractivity contribution < 1.29 is 23.5 Å². The summed E-state index contributed by atoms with van der Waals surface area (Å²) in [6.07, 6.45) is 0. The highest BCUT2D eigenvalue weighted by Gasteiger charge is 2.22. The Hall–Kier alpha value is -3.33. The van der Waals surface area contributed by atoms with Gasteiger partial charge in [-0.2, -0.15) is 0 Å². The van der Waals surface area contributed by atoms with Crippen molar-refractivity contribution in [2.75, 3.05) is 58.3 Å². The van der Waals surface area contributed by atoms with Crippen LogP contribution in [0.25, 0.3) is 0 Å². The Morgan fingerprint density at radius 3 is 2.35 bits per heavy atom. The Kier molecular flexibility index (Phi) is 8.05. The molecule has 0 aliphatic carbocycles. The van der Waals surface area contributed by atoms with Crippen LogP contribution < -0.4 is 20.1 Å². The lowest BCUT2D eigenvalue weighted by molar-refractivity contribution is -0.117. The number of carbonyl (C=O) groups excluding carboxylic acids is 2. The molecule has 166 valence electrons. The molecule has 1 heterocycles. The van der Waals surface area contributed by atoms with Gasteiger partial charge in [-0.1, -0.05) is 12.1 Å². The molecule has 0 atom stereocenters. The fourth-order valence-corrected chi connectivity index (χ4v) is 3.21. The quantitative estimate of drug-likeness (QED) is 0.628. The fourth-order valence-electron chi connectivity index (χ4n) is 3.21. The van der Waals surface area contributed by atoms with E-state index < -0.39 is 0 Å². The van der Waals surface area contributed by atoms with E-state index in [4.69, 9.17) is 9.47 Å². The minimum absolute atomic E-state index is 0.154. The molecular formula is C22H27FN4O4. The maximum atomic E-state index is 12.9. The molecule has 0 unspecified atom stereocenters. The smallest absolute Gasteiger partial charge is 0.317 e. The third-order valence-electron chi connectivity index (χ3n) is 4.86. The van der Waals surface area contributed by atoms with Gasteiger partial charge >= 0.3 is 6.03 Å². The molecule has 3 amide bonds. The highest BCUT2D eigenvalue weighted by molar-refractivity contribution is 5.92. The number of hydrogen-bond acceptors (Lipinski definition) is 5. The summed E-state index contributed by atoms with van der Waals surface area (Å²) in [4.78, 5) is 28.2. The molecule has 2 N–H and O–H groups in total. The highest BCUT2D eigenvalue weighted by atomic mass is 19.1. The second kappa shape index (κ2) is 11.2. The largest absolute Gasteiger partial charge is 0.493 e. The predicted octanol–water partition coefficient (Wildman–Crippen LogP) is 2.18. The number of halogens is 1. The summed E-state index contributed by atoms with van der Waals surface area (Å²) in [5.74, 6) is 0.761. The van der Waals surface area contributed by atoms with Crippen molar-refractivity contribution in [3.05, 3.63) is 54.3 Å². The average molecular weight is 430 g/mol. The van der Waals surface area contributed by atoms with Crippen molar-refractivity contribution >= 4 is 17.6 Å². The number of amides is 3. The van der Waals surface area contributed by atoms with Gasteiger partial charge in [0.05, 0.1) is 20.2 Å². The van der Waals surface area contributed by atoms with Crippen LogP contribution in [0.5, 0.6) is 11.5 Å². The minimum Gasteiger partial charge on any atom is -0.493 e. The third-order valence-corrected chi connectivity index (χ3v) is 4.86. The molecule has 2 aromatic carbocycles. The van der Waals surface area contributed by atoms with Crippen molar-refractivity contribution in [3.8, 4) is 11.5 Å². The molecular weight excluding hydrogens is 403 g/mol. The molecule has 0 saturated carbocycles. The summed E-state index contributed by atoms with van der Waals surface area (Å²) in [7, 11) is 1.58. The Morgan fingerprint density at radius 2 is 1.68 bits per heavy atom. The molecule has 0 radical (unpaired) electrons. The van der Waals surface area contributed by atoms with E-state index in [1.165, 1.54) is 24.3 Å². The van der Waals surface area contributed by atoms with Gasteiger partial charge in [-0.15, -0.1) is 0 Å². The van der Waals surface area contributed by atoms with E-state index in [2.05, 4.69) is 10.6 Å². The van der Waals surface area contributed by atoms with Gasteiger partial charge < -0.3 is 25.0 Å². The van der Waals surface area contributed by atoms with Crippen LogP contribution in [0.15, 0.2) is 48.5 Å². The van der Waals surface area contributed by atoms with Crippen LogP contribution in [0, 0.1) is 5.82 Å². The van der Waals surface area contributed by atoms with Crippen LogP contribution in [0.2, 0.25) is 0 Å². The van der Waals surface area contributed by atoms with Crippen LogP contribution in [0.1, 0.15) is 0 Å². The number of benzene rings is 2. The summed E-state index contributed by atoms with van der Waals surface area (Å²) in [6.45, 7) is 3.18. The van der Waals surface area contributed by atoms with Crippen LogP contribution in [-0.4, -0.2) is 74.7 Å². The maximum Gasteiger partial charge on any atom is 0.317 e. The molecule has 0 aromatic heterocycles. The lowest BCUT2D eigenvalue weighted by atomic mass is 10.3. The molecule has 8 nitrogen and oxygen atoms in total. The number of hydrogen-bond donors (Lipinski definition) is 2. The summed E-state index contributed by atoms with van der Waals surface area (Å²) in [5, 5.41) is 5.59. The molecule has 1 aliphatic heterocycles. The fraction of sp³-hybridized carbons (Fsp3) is 0.364. The van der Waals surface area contributed by atoms with E-state index in [0.717, 1.165) is 0 Å². The molecule has 0 bridgehead atoms. The summed E-state index contributed by atoms with van der Waals surface area (Å²) in [5.41, 5.74) is 0.555. The number of urea groups is 1. The first-order chi connectivity index (χ1) is 15.0. The van der Waals surface area contributed by atoms with Crippen molar-refractivity contribution in [1.29, 1.82) is 0 Å². The van der Waals surface area contributed by atoms with Crippen molar-refractivity contribution in [2.45, 2.75) is 0 Å². The zero-order valence-electron chi connectivity index (χ0n) is 17.5. The van der Waals surface area contributed by atoms with E-state index in [0.29, 0.717) is 56.5 Å². The summed E-state index contributed by atoms with van der Waals surface area (Å²) in [6, 6.07) is 12.8. The first-order valence-electron chi connectivity index (χ1n) is 10.1. The van der Waals surface area contributed by atoms with Gasteiger partial charge in [-0.25, -0.2) is 9.18 Å². The Bertz CT molecular complexity index is 870. The molecule has 3 rings (SSSR count). The van der Waals surface area contributed by atoms with E-state index >= 15 is 0 Å². The van der Waals surface area contributed by atoms with E-state index in [-0.39, 0.29) is 24.3 Å². The van der Waals surface area contributed by atoms with Crippen molar-refractivity contribution in [1.82, 2.24) is 15.1 Å². The number of nitrogens with zero attached hydrogens (tertiary/aromatic N) is 2. The normalized spacial score (nSPS) is 14.1. The molecule has 9 heteroatoms. The number of rotatable bonds is 8. The lowest BCUT2D eigenvalue weighted by Gasteiger charge is -2.34. The number of nitrogens with one attached hydrogen (secondary N) is 2. The summed E-state index contributed by atoms with van der Waals surface area (Å²) >= 11 is 0. The molecule has 1 fully saturated rings. The van der Waals surface area contributed by atoms with Crippen LogP contribution in [0.3, 0.4) is 0 Å². The van der Waals surface area contributed by atoms with Gasteiger partial charge in [0, 0.05) is 31.9 Å². The topological polar surface area (TPSA) is 83.1 Å². The zero-order chi connectivity index (χ0) is 22.1. The number of anilines is 1. The molecule has 1 aliphatic rings. The second-order valence-electron chi connectivity index (χ2n) is 7.05. The second-order valence-corrected chi connectivity index (χ2v) is 7.05. The first-order valence-corrected chi connectivity index (χ1v) is 10.1. The third kappa shape index (κ3) is 6.85. The number of carbonyl (C=O) groups is 2. The number of piperazine rings is 1. The molecule has 31 heavy (non-hydrogen) atoms. The number of ether oxygens (including phenoxy) is 2. The number of methoxy groups -OCH3 is 1. The standard InChI is InChI=1S/C22H27FN4O4/c1-30-19-4-2-3-5-20(19)31-15-10-24-22(29)27-13-11-26(12-14-27)16-21(28)25-18-8-6-17(23)7-9-18/h2-9H,10-16H2,1H3,(H,24,29)(H,25,28). The first kappa shape index (κ1) is 22.4. The molecule has 2 aromatic rings. The van der Waals surface area contributed by atoms with Gasteiger partial charge in [0.1, 0.15) is 12.4 Å². The Morgan fingerprint density at radius 1 is 1.00 bits per heavy atom. The van der Waals surface area contributed by atoms with Gasteiger partial charge in [-0.3, -0.25) is 9.69 Å². The van der Waals surface area contributed by atoms with Gasteiger partial charge in [-0.05, 0) is 36.4 Å². The van der Waals surface area contributed by atoms with E-state index in [9.17, 15) is 14.0 Å².